The lowest BCUT2D eigenvalue weighted by molar-refractivity contribution is -0.116. The molecule has 2 aromatic carbocycles. The minimum absolute atomic E-state index is 0. The van der Waals surface area contributed by atoms with Crippen LogP contribution in [0.3, 0.4) is 0 Å². The molecule has 6 heteroatoms. The lowest BCUT2D eigenvalue weighted by atomic mass is 10.1. The lowest BCUT2D eigenvalue weighted by Gasteiger charge is -2.11. The van der Waals surface area contributed by atoms with Crippen LogP contribution in [0, 0.1) is 13.8 Å². The van der Waals surface area contributed by atoms with Crippen molar-refractivity contribution < 1.29 is 14.3 Å². The van der Waals surface area contributed by atoms with Gasteiger partial charge in [-0.3, -0.25) is 4.79 Å². The van der Waals surface area contributed by atoms with Gasteiger partial charge < -0.3 is 20.5 Å². The third-order valence-electron chi connectivity index (χ3n) is 3.66. The van der Waals surface area contributed by atoms with E-state index >= 15 is 0 Å². The van der Waals surface area contributed by atoms with Crippen LogP contribution >= 0.6 is 12.4 Å². The summed E-state index contributed by atoms with van der Waals surface area (Å²) in [6.45, 7) is 4.36. The molecule has 0 aromatic heterocycles. The summed E-state index contributed by atoms with van der Waals surface area (Å²) in [7, 11) is 1.55. The van der Waals surface area contributed by atoms with Crippen molar-refractivity contribution in [2.24, 2.45) is 0 Å². The average molecular weight is 351 g/mol. The van der Waals surface area contributed by atoms with Gasteiger partial charge in [0, 0.05) is 5.69 Å². The van der Waals surface area contributed by atoms with E-state index in [-0.39, 0.29) is 24.7 Å². The van der Waals surface area contributed by atoms with Crippen LogP contribution in [0.4, 0.5) is 11.4 Å². The fourth-order valence-corrected chi connectivity index (χ4v) is 2.17. The Bertz CT molecular complexity index is 705. The van der Waals surface area contributed by atoms with Gasteiger partial charge in [0.1, 0.15) is 11.5 Å². The molecule has 0 unspecified atom stereocenters. The first-order chi connectivity index (χ1) is 11.0. The zero-order chi connectivity index (χ0) is 16.8. The van der Waals surface area contributed by atoms with Crippen LogP contribution in [0.5, 0.6) is 11.5 Å². The molecule has 2 rings (SSSR count). The third kappa shape index (κ3) is 5.06. The van der Waals surface area contributed by atoms with Crippen molar-refractivity contribution in [3.63, 3.8) is 0 Å². The summed E-state index contributed by atoms with van der Waals surface area (Å²) in [6, 6.07) is 11.0. The van der Waals surface area contributed by atoms with Crippen molar-refractivity contribution >= 4 is 29.7 Å². The van der Waals surface area contributed by atoms with Crippen LogP contribution in [0.25, 0.3) is 0 Å². The van der Waals surface area contributed by atoms with Gasteiger partial charge >= 0.3 is 0 Å². The maximum atomic E-state index is 12.0. The molecule has 0 aliphatic heterocycles. The number of halogens is 1. The number of benzene rings is 2. The number of carbonyl (C=O) groups excluding carboxylic acids is 1. The molecule has 0 heterocycles. The van der Waals surface area contributed by atoms with Gasteiger partial charge in [-0.2, -0.15) is 0 Å². The van der Waals surface area contributed by atoms with Gasteiger partial charge in [-0.05, 0) is 49.2 Å². The number of hydrogen-bond acceptors (Lipinski definition) is 4. The van der Waals surface area contributed by atoms with E-state index in [4.69, 9.17) is 15.2 Å². The Balaban J connectivity index is 0.00000288. The molecule has 0 atom stereocenters. The molecule has 1 amide bonds. The Labute approximate surface area is 148 Å². The number of carbonyl (C=O) groups is 1. The Morgan fingerprint density at radius 1 is 1.17 bits per heavy atom. The zero-order valence-electron chi connectivity index (χ0n) is 14.1. The third-order valence-corrected chi connectivity index (χ3v) is 3.66. The topological polar surface area (TPSA) is 73.6 Å². The standard InChI is InChI=1S/C18H22N2O3.ClH/c1-12-5-4-6-16(13(12)2)23-10-9-18(21)20-14-7-8-17(22-3)15(19)11-14;/h4-8,11H,9-10,19H2,1-3H3,(H,20,21);1H. The number of ether oxygens (including phenoxy) is 2. The zero-order valence-corrected chi connectivity index (χ0v) is 14.9. The van der Waals surface area contributed by atoms with Crippen LogP contribution in [0.1, 0.15) is 17.5 Å². The maximum Gasteiger partial charge on any atom is 0.227 e. The van der Waals surface area contributed by atoms with Gasteiger partial charge in [-0.15, -0.1) is 12.4 Å². The lowest BCUT2D eigenvalue weighted by Crippen LogP contribution is -2.15. The molecule has 0 saturated carbocycles. The number of nitrogens with two attached hydrogens (primary N) is 1. The Hall–Kier alpha value is -2.40. The van der Waals surface area contributed by atoms with Gasteiger partial charge in [0.15, 0.2) is 0 Å². The second kappa shape index (κ2) is 9.03. The van der Waals surface area contributed by atoms with Crippen molar-refractivity contribution in [1.29, 1.82) is 0 Å². The molecular formula is C18H23ClN2O3. The van der Waals surface area contributed by atoms with Gasteiger partial charge in [0.25, 0.3) is 0 Å². The van der Waals surface area contributed by atoms with E-state index in [1.807, 2.05) is 32.0 Å². The monoisotopic (exact) mass is 350 g/mol. The molecule has 0 fully saturated rings. The average Bonchev–Trinajstić information content (AvgIpc) is 2.51. The molecule has 0 radical (unpaired) electrons. The second-order valence-corrected chi connectivity index (χ2v) is 5.30. The molecule has 0 aliphatic carbocycles. The minimum Gasteiger partial charge on any atom is -0.495 e. The van der Waals surface area contributed by atoms with Crippen molar-refractivity contribution in [3.05, 3.63) is 47.5 Å². The highest BCUT2D eigenvalue weighted by Gasteiger charge is 2.07. The number of hydrogen-bond donors (Lipinski definition) is 2. The molecule has 3 N–H and O–H groups in total. The van der Waals surface area contributed by atoms with Crippen molar-refractivity contribution in [1.82, 2.24) is 0 Å². The molecule has 0 aliphatic rings. The van der Waals surface area contributed by atoms with E-state index in [2.05, 4.69) is 5.32 Å². The van der Waals surface area contributed by atoms with Gasteiger partial charge in [0.05, 0.1) is 25.8 Å². The summed E-state index contributed by atoms with van der Waals surface area (Å²) >= 11 is 0. The van der Waals surface area contributed by atoms with E-state index < -0.39 is 0 Å². The fourth-order valence-electron chi connectivity index (χ4n) is 2.17. The van der Waals surface area contributed by atoms with Gasteiger partial charge in [-0.1, -0.05) is 12.1 Å². The molecule has 130 valence electrons. The minimum atomic E-state index is -0.125. The predicted octanol–water partition coefficient (Wildman–Crippen LogP) is 3.72. The summed E-state index contributed by atoms with van der Waals surface area (Å²) in [5.74, 6) is 1.27. The van der Waals surface area contributed by atoms with E-state index in [1.54, 1.807) is 25.3 Å². The van der Waals surface area contributed by atoms with Crippen LogP contribution in [-0.2, 0) is 4.79 Å². The normalized spacial score (nSPS) is 9.79. The summed E-state index contributed by atoms with van der Waals surface area (Å²) in [5.41, 5.74) is 9.20. The summed E-state index contributed by atoms with van der Waals surface area (Å²) in [5, 5.41) is 2.79. The first kappa shape index (κ1) is 19.6. The maximum absolute atomic E-state index is 12.0. The number of methoxy groups -OCH3 is 1. The first-order valence-corrected chi connectivity index (χ1v) is 7.43. The summed E-state index contributed by atoms with van der Waals surface area (Å²) in [4.78, 5) is 12.0. The second-order valence-electron chi connectivity index (χ2n) is 5.30. The number of amides is 1. The van der Waals surface area contributed by atoms with E-state index in [0.717, 1.165) is 11.3 Å². The smallest absolute Gasteiger partial charge is 0.227 e. The molecular weight excluding hydrogens is 328 g/mol. The van der Waals surface area contributed by atoms with Crippen molar-refractivity contribution in [3.8, 4) is 11.5 Å². The summed E-state index contributed by atoms with van der Waals surface area (Å²) in [6.07, 6.45) is 0.263. The van der Waals surface area contributed by atoms with Gasteiger partial charge in [0.2, 0.25) is 5.91 Å². The Morgan fingerprint density at radius 2 is 1.92 bits per heavy atom. The largest absolute Gasteiger partial charge is 0.495 e. The quantitative estimate of drug-likeness (QED) is 0.778. The fraction of sp³-hybridized carbons (Fsp3) is 0.278. The summed E-state index contributed by atoms with van der Waals surface area (Å²) < 4.78 is 10.8. The van der Waals surface area contributed by atoms with Crippen LogP contribution in [0.2, 0.25) is 0 Å². The number of nitrogen functional groups attached to an aromatic ring is 1. The molecule has 0 spiro atoms. The van der Waals surface area contributed by atoms with Crippen molar-refractivity contribution in [2.75, 3.05) is 24.8 Å². The SMILES string of the molecule is COc1ccc(NC(=O)CCOc2cccc(C)c2C)cc1N.Cl. The van der Waals surface area contributed by atoms with Crippen molar-refractivity contribution in [2.45, 2.75) is 20.3 Å². The van der Waals surface area contributed by atoms with E-state index in [9.17, 15) is 4.79 Å². The highest BCUT2D eigenvalue weighted by Crippen LogP contribution is 2.24. The Kier molecular flexibility index (Phi) is 7.39. The molecule has 0 saturated heterocycles. The molecule has 24 heavy (non-hydrogen) atoms. The highest BCUT2D eigenvalue weighted by atomic mass is 35.5. The molecule has 5 nitrogen and oxygen atoms in total. The van der Waals surface area contributed by atoms with Crippen LogP contribution in [0.15, 0.2) is 36.4 Å². The van der Waals surface area contributed by atoms with Crippen LogP contribution < -0.4 is 20.5 Å². The number of aryl methyl sites for hydroxylation is 1. The van der Waals surface area contributed by atoms with Crippen LogP contribution in [-0.4, -0.2) is 19.6 Å². The van der Waals surface area contributed by atoms with Gasteiger partial charge in [-0.25, -0.2) is 0 Å². The Morgan fingerprint density at radius 3 is 2.58 bits per heavy atom. The first-order valence-electron chi connectivity index (χ1n) is 7.43. The number of nitrogens with one attached hydrogen (secondary N) is 1. The number of rotatable bonds is 6. The predicted molar refractivity (Wildman–Crippen MR) is 99.3 cm³/mol. The molecule has 0 bridgehead atoms. The van der Waals surface area contributed by atoms with E-state index in [1.165, 1.54) is 5.56 Å². The molecule has 2 aromatic rings. The van der Waals surface area contributed by atoms with E-state index in [0.29, 0.717) is 23.7 Å². The number of anilines is 2. The highest BCUT2D eigenvalue weighted by molar-refractivity contribution is 5.91.